The molecule has 1 aliphatic rings. The standard InChI is InChI=1S/C12H26N2/c1-4-14(9-12-6-5-7-12)11(3)10(2)8-13/h10-12H,4-9,13H2,1-3H3. The Kier molecular flexibility index (Phi) is 4.90. The number of nitrogens with zero attached hydrogens (tertiary/aromatic N) is 1. The van der Waals surface area contributed by atoms with Crippen molar-refractivity contribution < 1.29 is 0 Å². The van der Waals surface area contributed by atoms with E-state index < -0.39 is 0 Å². The number of rotatable bonds is 6. The first kappa shape index (κ1) is 12.0. The van der Waals surface area contributed by atoms with Crippen LogP contribution in [-0.4, -0.2) is 30.6 Å². The second-order valence-electron chi connectivity index (χ2n) is 4.84. The zero-order chi connectivity index (χ0) is 10.6. The van der Waals surface area contributed by atoms with Crippen molar-refractivity contribution in [3.8, 4) is 0 Å². The molecule has 0 aromatic heterocycles. The molecule has 2 N–H and O–H groups in total. The highest BCUT2D eigenvalue weighted by Crippen LogP contribution is 2.28. The Morgan fingerprint density at radius 3 is 2.36 bits per heavy atom. The van der Waals surface area contributed by atoms with E-state index in [2.05, 4.69) is 25.7 Å². The van der Waals surface area contributed by atoms with Crippen LogP contribution in [0.3, 0.4) is 0 Å². The number of nitrogens with two attached hydrogens (primary N) is 1. The zero-order valence-electron chi connectivity index (χ0n) is 10.00. The van der Waals surface area contributed by atoms with E-state index in [4.69, 9.17) is 5.73 Å². The fraction of sp³-hybridized carbons (Fsp3) is 1.00. The van der Waals surface area contributed by atoms with Crippen LogP contribution in [0.25, 0.3) is 0 Å². The van der Waals surface area contributed by atoms with Gasteiger partial charge in [-0.1, -0.05) is 20.3 Å². The summed E-state index contributed by atoms with van der Waals surface area (Å²) in [6, 6.07) is 0.644. The monoisotopic (exact) mass is 198 g/mol. The summed E-state index contributed by atoms with van der Waals surface area (Å²) in [5.74, 6) is 1.59. The lowest BCUT2D eigenvalue weighted by Crippen LogP contribution is -2.43. The molecule has 2 heteroatoms. The van der Waals surface area contributed by atoms with Gasteiger partial charge in [0, 0.05) is 12.6 Å². The van der Waals surface area contributed by atoms with Crippen LogP contribution in [0.4, 0.5) is 0 Å². The van der Waals surface area contributed by atoms with Crippen LogP contribution >= 0.6 is 0 Å². The predicted molar refractivity (Wildman–Crippen MR) is 62.3 cm³/mol. The quantitative estimate of drug-likeness (QED) is 0.708. The van der Waals surface area contributed by atoms with Crippen molar-refractivity contribution in [1.82, 2.24) is 4.90 Å². The summed E-state index contributed by atoms with van der Waals surface area (Å²) < 4.78 is 0. The second-order valence-corrected chi connectivity index (χ2v) is 4.84. The van der Waals surface area contributed by atoms with Gasteiger partial charge in [-0.25, -0.2) is 0 Å². The van der Waals surface area contributed by atoms with E-state index in [0.29, 0.717) is 12.0 Å². The van der Waals surface area contributed by atoms with Crippen molar-refractivity contribution in [1.29, 1.82) is 0 Å². The van der Waals surface area contributed by atoms with Crippen LogP contribution in [0.15, 0.2) is 0 Å². The van der Waals surface area contributed by atoms with Crippen LogP contribution in [0.2, 0.25) is 0 Å². The molecule has 1 saturated carbocycles. The predicted octanol–water partition coefficient (Wildman–Crippen LogP) is 2.09. The molecule has 0 saturated heterocycles. The average Bonchev–Trinajstić information content (AvgIpc) is 2.14. The molecule has 0 spiro atoms. The minimum absolute atomic E-state index is 0.620. The summed E-state index contributed by atoms with van der Waals surface area (Å²) in [6.07, 6.45) is 4.34. The summed E-state index contributed by atoms with van der Waals surface area (Å²) in [4.78, 5) is 2.60. The molecule has 0 aromatic carbocycles. The van der Waals surface area contributed by atoms with E-state index in [0.717, 1.165) is 12.5 Å². The lowest BCUT2D eigenvalue weighted by molar-refractivity contribution is 0.119. The largest absolute Gasteiger partial charge is 0.330 e. The minimum Gasteiger partial charge on any atom is -0.330 e. The molecule has 0 radical (unpaired) electrons. The van der Waals surface area contributed by atoms with E-state index in [9.17, 15) is 0 Å². The molecular weight excluding hydrogens is 172 g/mol. The van der Waals surface area contributed by atoms with Gasteiger partial charge in [0.25, 0.3) is 0 Å². The molecule has 2 unspecified atom stereocenters. The van der Waals surface area contributed by atoms with Gasteiger partial charge < -0.3 is 10.6 Å². The number of hydrogen-bond donors (Lipinski definition) is 1. The lowest BCUT2D eigenvalue weighted by atomic mass is 9.84. The molecule has 1 rings (SSSR count). The third-order valence-electron chi connectivity index (χ3n) is 3.89. The van der Waals surface area contributed by atoms with Crippen LogP contribution in [0.5, 0.6) is 0 Å². The fourth-order valence-corrected chi connectivity index (χ4v) is 2.15. The van der Waals surface area contributed by atoms with Crippen LogP contribution in [0.1, 0.15) is 40.0 Å². The Morgan fingerprint density at radius 1 is 1.36 bits per heavy atom. The van der Waals surface area contributed by atoms with Crippen molar-refractivity contribution in [3.63, 3.8) is 0 Å². The van der Waals surface area contributed by atoms with E-state index in [-0.39, 0.29) is 0 Å². The van der Waals surface area contributed by atoms with E-state index in [1.54, 1.807) is 0 Å². The molecule has 2 nitrogen and oxygen atoms in total. The first-order chi connectivity index (χ1) is 6.69. The van der Waals surface area contributed by atoms with Gasteiger partial charge >= 0.3 is 0 Å². The zero-order valence-corrected chi connectivity index (χ0v) is 10.00. The van der Waals surface area contributed by atoms with Gasteiger partial charge in [-0.15, -0.1) is 0 Å². The molecule has 0 aromatic rings. The van der Waals surface area contributed by atoms with Gasteiger partial charge in [-0.3, -0.25) is 0 Å². The molecule has 1 fully saturated rings. The smallest absolute Gasteiger partial charge is 0.0105 e. The van der Waals surface area contributed by atoms with E-state index in [1.165, 1.54) is 32.4 Å². The normalized spacial score (nSPS) is 22.1. The van der Waals surface area contributed by atoms with Gasteiger partial charge in [0.05, 0.1) is 0 Å². The lowest BCUT2D eigenvalue weighted by Gasteiger charge is -2.37. The third kappa shape index (κ3) is 2.96. The van der Waals surface area contributed by atoms with Gasteiger partial charge in [0.2, 0.25) is 0 Å². The van der Waals surface area contributed by atoms with Crippen molar-refractivity contribution in [3.05, 3.63) is 0 Å². The molecule has 2 atom stereocenters. The molecule has 0 heterocycles. The number of hydrogen-bond acceptors (Lipinski definition) is 2. The Bertz CT molecular complexity index is 154. The molecule has 84 valence electrons. The maximum atomic E-state index is 5.72. The maximum Gasteiger partial charge on any atom is 0.0105 e. The molecule has 0 aliphatic heterocycles. The van der Waals surface area contributed by atoms with Gasteiger partial charge in [-0.05, 0) is 44.7 Å². The Morgan fingerprint density at radius 2 is 2.00 bits per heavy atom. The Hall–Kier alpha value is -0.0800. The Balaban J connectivity index is 2.34. The molecule has 1 aliphatic carbocycles. The van der Waals surface area contributed by atoms with Crippen molar-refractivity contribution >= 4 is 0 Å². The van der Waals surface area contributed by atoms with Gasteiger partial charge in [0.15, 0.2) is 0 Å². The first-order valence-corrected chi connectivity index (χ1v) is 6.13. The third-order valence-corrected chi connectivity index (χ3v) is 3.89. The van der Waals surface area contributed by atoms with Gasteiger partial charge in [0.1, 0.15) is 0 Å². The minimum atomic E-state index is 0.620. The second kappa shape index (κ2) is 5.72. The van der Waals surface area contributed by atoms with Crippen LogP contribution in [0, 0.1) is 11.8 Å². The maximum absolute atomic E-state index is 5.72. The topological polar surface area (TPSA) is 29.3 Å². The van der Waals surface area contributed by atoms with Crippen molar-refractivity contribution in [2.75, 3.05) is 19.6 Å². The average molecular weight is 198 g/mol. The first-order valence-electron chi connectivity index (χ1n) is 6.13. The van der Waals surface area contributed by atoms with Gasteiger partial charge in [-0.2, -0.15) is 0 Å². The summed E-state index contributed by atoms with van der Waals surface area (Å²) in [5, 5.41) is 0. The highest BCUT2D eigenvalue weighted by molar-refractivity contribution is 4.78. The summed E-state index contributed by atoms with van der Waals surface area (Å²) in [7, 11) is 0. The highest BCUT2D eigenvalue weighted by atomic mass is 15.2. The van der Waals surface area contributed by atoms with Crippen LogP contribution < -0.4 is 5.73 Å². The summed E-state index contributed by atoms with van der Waals surface area (Å²) in [5.41, 5.74) is 5.72. The fourth-order valence-electron chi connectivity index (χ4n) is 2.15. The highest BCUT2D eigenvalue weighted by Gasteiger charge is 2.24. The molecular formula is C12H26N2. The van der Waals surface area contributed by atoms with Crippen LogP contribution in [-0.2, 0) is 0 Å². The SMILES string of the molecule is CCN(CC1CCC1)C(C)C(C)CN. The molecule has 0 bridgehead atoms. The molecule has 14 heavy (non-hydrogen) atoms. The van der Waals surface area contributed by atoms with Crippen molar-refractivity contribution in [2.24, 2.45) is 17.6 Å². The van der Waals surface area contributed by atoms with Crippen molar-refractivity contribution in [2.45, 2.75) is 46.1 Å². The van der Waals surface area contributed by atoms with E-state index >= 15 is 0 Å². The summed E-state index contributed by atoms with van der Waals surface area (Å²) in [6.45, 7) is 10.1. The molecule has 0 amide bonds. The van der Waals surface area contributed by atoms with E-state index in [1.807, 2.05) is 0 Å². The Labute approximate surface area is 88.8 Å². The summed E-state index contributed by atoms with van der Waals surface area (Å²) >= 11 is 0.